The average Bonchev–Trinajstić information content (AvgIpc) is 2.30. The van der Waals surface area contributed by atoms with E-state index in [2.05, 4.69) is 0 Å². The average molecular weight is 246 g/mol. The lowest BCUT2D eigenvalue weighted by Gasteiger charge is -2.38. The maximum absolute atomic E-state index is 12.2. The summed E-state index contributed by atoms with van der Waals surface area (Å²) in [6, 6.07) is 0. The Balaban J connectivity index is 1.98. The van der Waals surface area contributed by atoms with Gasteiger partial charge in [-0.3, -0.25) is 9.00 Å². The highest BCUT2D eigenvalue weighted by Gasteiger charge is 2.39. The Morgan fingerprint density at radius 3 is 2.38 bits per heavy atom. The second-order valence-corrected chi connectivity index (χ2v) is 6.10. The predicted octanol–water partition coefficient (Wildman–Crippen LogP) is -0.915. The van der Waals surface area contributed by atoms with E-state index in [9.17, 15) is 9.00 Å². The van der Waals surface area contributed by atoms with Gasteiger partial charge in [0.05, 0.1) is 5.54 Å². The van der Waals surface area contributed by atoms with Crippen LogP contribution in [0.15, 0.2) is 0 Å². The van der Waals surface area contributed by atoms with Crippen molar-refractivity contribution in [1.29, 1.82) is 0 Å². The molecule has 1 amide bonds. The Kier molecular flexibility index (Phi) is 3.61. The first kappa shape index (κ1) is 12.0. The number of carbonyl (C=O) groups is 1. The SMILES string of the molecule is NC1(C(=O)N2CCS(=O)CC2)CCOCC1. The quantitative estimate of drug-likeness (QED) is 0.650. The minimum absolute atomic E-state index is 0.00694. The Bertz CT molecular complexity index is 292. The first-order valence-corrected chi connectivity index (χ1v) is 7.12. The fourth-order valence-corrected chi connectivity index (χ4v) is 3.16. The number of rotatable bonds is 1. The van der Waals surface area contributed by atoms with E-state index in [1.54, 1.807) is 4.90 Å². The molecule has 2 aliphatic heterocycles. The van der Waals surface area contributed by atoms with E-state index in [0.717, 1.165) is 0 Å². The summed E-state index contributed by atoms with van der Waals surface area (Å²) in [6.07, 6.45) is 1.18. The van der Waals surface area contributed by atoms with Crippen molar-refractivity contribution in [3.63, 3.8) is 0 Å². The van der Waals surface area contributed by atoms with Crippen LogP contribution in [0.3, 0.4) is 0 Å². The number of amides is 1. The monoisotopic (exact) mass is 246 g/mol. The number of hydrogen-bond acceptors (Lipinski definition) is 4. The van der Waals surface area contributed by atoms with E-state index in [0.29, 0.717) is 50.7 Å². The van der Waals surface area contributed by atoms with Gasteiger partial charge in [-0.2, -0.15) is 0 Å². The van der Waals surface area contributed by atoms with Crippen LogP contribution in [0.5, 0.6) is 0 Å². The zero-order chi connectivity index (χ0) is 11.6. The molecule has 0 saturated carbocycles. The van der Waals surface area contributed by atoms with Gasteiger partial charge in [-0.25, -0.2) is 0 Å². The van der Waals surface area contributed by atoms with E-state index in [1.165, 1.54) is 0 Å². The lowest BCUT2D eigenvalue weighted by atomic mass is 9.89. The molecular weight excluding hydrogens is 228 g/mol. The van der Waals surface area contributed by atoms with Gasteiger partial charge in [0, 0.05) is 48.6 Å². The second kappa shape index (κ2) is 4.81. The number of nitrogens with zero attached hydrogens (tertiary/aromatic N) is 1. The lowest BCUT2D eigenvalue weighted by molar-refractivity contribution is -0.140. The number of hydrogen-bond donors (Lipinski definition) is 1. The van der Waals surface area contributed by atoms with Crippen LogP contribution < -0.4 is 5.73 Å². The van der Waals surface area contributed by atoms with Gasteiger partial charge in [-0.05, 0) is 12.8 Å². The zero-order valence-electron chi connectivity index (χ0n) is 9.31. The van der Waals surface area contributed by atoms with Crippen molar-refractivity contribution in [2.24, 2.45) is 5.73 Å². The van der Waals surface area contributed by atoms with Crippen molar-refractivity contribution in [1.82, 2.24) is 4.90 Å². The van der Waals surface area contributed by atoms with Gasteiger partial charge in [-0.1, -0.05) is 0 Å². The van der Waals surface area contributed by atoms with Gasteiger partial charge in [-0.15, -0.1) is 0 Å². The molecule has 5 nitrogen and oxygen atoms in total. The standard InChI is InChI=1S/C10H18N2O3S/c11-10(1-5-15-6-2-10)9(13)12-3-7-16(14)8-4-12/h1-8,11H2. The fraction of sp³-hybridized carbons (Fsp3) is 0.900. The lowest BCUT2D eigenvalue weighted by Crippen LogP contribution is -2.59. The Morgan fingerprint density at radius 1 is 1.25 bits per heavy atom. The first-order chi connectivity index (χ1) is 7.62. The Labute approximate surface area is 97.8 Å². The van der Waals surface area contributed by atoms with Crippen LogP contribution >= 0.6 is 0 Å². The van der Waals surface area contributed by atoms with Crippen molar-refractivity contribution in [2.75, 3.05) is 37.8 Å². The summed E-state index contributed by atoms with van der Waals surface area (Å²) >= 11 is 0. The summed E-state index contributed by atoms with van der Waals surface area (Å²) in [5.41, 5.74) is 5.37. The summed E-state index contributed by atoms with van der Waals surface area (Å²) in [4.78, 5) is 14.0. The number of nitrogens with two attached hydrogens (primary N) is 1. The minimum Gasteiger partial charge on any atom is -0.381 e. The molecule has 2 heterocycles. The summed E-state index contributed by atoms with van der Waals surface area (Å²) < 4.78 is 16.4. The van der Waals surface area contributed by atoms with E-state index in [4.69, 9.17) is 10.5 Å². The van der Waals surface area contributed by atoms with E-state index in [1.807, 2.05) is 0 Å². The third kappa shape index (κ3) is 2.44. The highest BCUT2D eigenvalue weighted by atomic mass is 32.2. The predicted molar refractivity (Wildman–Crippen MR) is 61.4 cm³/mol. The van der Waals surface area contributed by atoms with Gasteiger partial charge in [0.15, 0.2) is 0 Å². The van der Waals surface area contributed by atoms with Crippen molar-refractivity contribution in [3.05, 3.63) is 0 Å². The zero-order valence-corrected chi connectivity index (χ0v) is 10.1. The van der Waals surface area contributed by atoms with E-state index >= 15 is 0 Å². The van der Waals surface area contributed by atoms with E-state index in [-0.39, 0.29) is 5.91 Å². The molecule has 92 valence electrons. The normalized spacial score (nSPS) is 26.7. The van der Waals surface area contributed by atoms with Crippen LogP contribution in [-0.4, -0.2) is 58.4 Å². The van der Waals surface area contributed by atoms with E-state index < -0.39 is 16.3 Å². The molecule has 0 aromatic carbocycles. The largest absolute Gasteiger partial charge is 0.381 e. The molecule has 2 rings (SSSR count). The van der Waals surface area contributed by atoms with Crippen LogP contribution in [0.4, 0.5) is 0 Å². The molecule has 2 N–H and O–H groups in total. The maximum Gasteiger partial charge on any atom is 0.242 e. The molecule has 6 heteroatoms. The minimum atomic E-state index is -0.755. The summed E-state index contributed by atoms with van der Waals surface area (Å²) in [6.45, 7) is 2.26. The van der Waals surface area contributed by atoms with Crippen LogP contribution in [-0.2, 0) is 20.3 Å². The summed E-state index contributed by atoms with van der Waals surface area (Å²) in [5.74, 6) is 1.17. The van der Waals surface area contributed by atoms with Crippen LogP contribution in [0.2, 0.25) is 0 Å². The first-order valence-electron chi connectivity index (χ1n) is 5.63. The number of ether oxygens (including phenoxy) is 1. The fourth-order valence-electron chi connectivity index (χ4n) is 2.11. The third-order valence-corrected chi connectivity index (χ3v) is 4.55. The van der Waals surface area contributed by atoms with Crippen molar-refractivity contribution < 1.29 is 13.7 Å². The van der Waals surface area contributed by atoms with Gasteiger partial charge < -0.3 is 15.4 Å². The highest BCUT2D eigenvalue weighted by Crippen LogP contribution is 2.21. The smallest absolute Gasteiger partial charge is 0.242 e. The van der Waals surface area contributed by atoms with Crippen molar-refractivity contribution in [2.45, 2.75) is 18.4 Å². The summed E-state index contributed by atoms with van der Waals surface area (Å²) in [7, 11) is -0.755. The van der Waals surface area contributed by atoms with Gasteiger partial charge >= 0.3 is 0 Å². The maximum atomic E-state index is 12.2. The van der Waals surface area contributed by atoms with Gasteiger partial charge in [0.2, 0.25) is 5.91 Å². The molecule has 2 saturated heterocycles. The molecular formula is C10H18N2O3S. The molecule has 0 aliphatic carbocycles. The highest BCUT2D eigenvalue weighted by molar-refractivity contribution is 7.85. The van der Waals surface area contributed by atoms with Crippen molar-refractivity contribution in [3.8, 4) is 0 Å². The van der Waals surface area contributed by atoms with Gasteiger partial charge in [0.25, 0.3) is 0 Å². The molecule has 0 spiro atoms. The Morgan fingerprint density at radius 2 is 1.81 bits per heavy atom. The molecule has 16 heavy (non-hydrogen) atoms. The molecule has 0 radical (unpaired) electrons. The van der Waals surface area contributed by atoms with Crippen LogP contribution in [0, 0.1) is 0 Å². The molecule has 0 atom stereocenters. The van der Waals surface area contributed by atoms with Crippen LogP contribution in [0.25, 0.3) is 0 Å². The number of carbonyl (C=O) groups excluding carboxylic acids is 1. The molecule has 2 aliphatic rings. The Hall–Kier alpha value is -0.460. The molecule has 0 aromatic rings. The second-order valence-electron chi connectivity index (χ2n) is 4.41. The molecule has 0 bridgehead atoms. The topological polar surface area (TPSA) is 72.6 Å². The molecule has 2 fully saturated rings. The molecule has 0 aromatic heterocycles. The van der Waals surface area contributed by atoms with Crippen molar-refractivity contribution >= 4 is 16.7 Å². The van der Waals surface area contributed by atoms with Crippen LogP contribution in [0.1, 0.15) is 12.8 Å². The third-order valence-electron chi connectivity index (χ3n) is 3.28. The molecule has 0 unspecified atom stereocenters. The van der Waals surface area contributed by atoms with Gasteiger partial charge in [0.1, 0.15) is 0 Å². The summed E-state index contributed by atoms with van der Waals surface area (Å²) in [5, 5.41) is 0.